The van der Waals surface area contributed by atoms with E-state index in [2.05, 4.69) is 25.7 Å². The van der Waals surface area contributed by atoms with Crippen molar-refractivity contribution in [3.05, 3.63) is 12.2 Å². The highest BCUT2D eigenvalue weighted by Crippen LogP contribution is 2.22. The highest BCUT2D eigenvalue weighted by molar-refractivity contribution is 4.99. The number of rotatable bonds is 6. The highest BCUT2D eigenvalue weighted by atomic mass is 16.5. The second-order valence-electron chi connectivity index (χ2n) is 5.57. The lowest BCUT2D eigenvalue weighted by atomic mass is 10.0. The van der Waals surface area contributed by atoms with Crippen LogP contribution in [0.25, 0.3) is 0 Å². The van der Waals surface area contributed by atoms with Crippen LogP contribution in [0, 0.1) is 0 Å². The van der Waals surface area contributed by atoms with Gasteiger partial charge in [-0.3, -0.25) is 0 Å². The fourth-order valence-electron chi connectivity index (χ4n) is 2.34. The quantitative estimate of drug-likeness (QED) is 0.721. The van der Waals surface area contributed by atoms with Gasteiger partial charge < -0.3 is 14.8 Å². The van der Waals surface area contributed by atoms with Crippen molar-refractivity contribution in [1.29, 1.82) is 0 Å². The van der Waals surface area contributed by atoms with Crippen molar-refractivity contribution in [2.24, 2.45) is 0 Å². The number of hydrogen-bond donors (Lipinski definition) is 1. The molecule has 0 bridgehead atoms. The number of hydrogen-bond acceptors (Lipinski definition) is 3. The third-order valence-electron chi connectivity index (χ3n) is 3.40. The van der Waals surface area contributed by atoms with Gasteiger partial charge in [0, 0.05) is 12.6 Å². The molecular formula is C14H25NO2. The lowest BCUT2D eigenvalue weighted by Gasteiger charge is -2.32. The normalized spacial score (nSPS) is 33.6. The Hall–Kier alpha value is -0.380. The van der Waals surface area contributed by atoms with Gasteiger partial charge in [0.1, 0.15) is 0 Å². The fourth-order valence-corrected chi connectivity index (χ4v) is 2.34. The third-order valence-corrected chi connectivity index (χ3v) is 3.40. The molecule has 0 radical (unpaired) electrons. The predicted molar refractivity (Wildman–Crippen MR) is 69.1 cm³/mol. The fraction of sp³-hybridized carbons (Fsp3) is 0.857. The summed E-state index contributed by atoms with van der Waals surface area (Å²) in [4.78, 5) is 0. The van der Waals surface area contributed by atoms with Gasteiger partial charge in [-0.25, -0.2) is 0 Å². The van der Waals surface area contributed by atoms with E-state index in [1.807, 2.05) is 0 Å². The maximum absolute atomic E-state index is 5.92. The molecule has 3 heteroatoms. The number of nitrogens with one attached hydrogen (secondary N) is 1. The van der Waals surface area contributed by atoms with Crippen molar-refractivity contribution in [3.63, 3.8) is 0 Å². The molecule has 1 saturated heterocycles. The Balaban J connectivity index is 1.60. The molecule has 2 aliphatic rings. The summed E-state index contributed by atoms with van der Waals surface area (Å²) in [6.07, 6.45) is 5.64. The molecule has 17 heavy (non-hydrogen) atoms. The van der Waals surface area contributed by atoms with Crippen molar-refractivity contribution in [1.82, 2.24) is 5.32 Å². The van der Waals surface area contributed by atoms with Crippen LogP contribution in [0.15, 0.2) is 12.2 Å². The zero-order valence-corrected chi connectivity index (χ0v) is 11.1. The van der Waals surface area contributed by atoms with Crippen LogP contribution in [0.2, 0.25) is 0 Å². The molecule has 1 saturated carbocycles. The summed E-state index contributed by atoms with van der Waals surface area (Å²) in [5.74, 6) is 0. The molecule has 2 atom stereocenters. The monoisotopic (exact) mass is 239 g/mol. The Bertz CT molecular complexity index is 253. The molecule has 0 amide bonds. The van der Waals surface area contributed by atoms with Gasteiger partial charge in [0.25, 0.3) is 0 Å². The standard InChI is InChI=1S/C14H25NO2/c1-10(8-15-13-4-5-13)9-16-14-6-11(2)17-12(3)7-14/h11-15H,1,4-9H2,2-3H3. The molecule has 2 rings (SSSR count). The summed E-state index contributed by atoms with van der Waals surface area (Å²) in [5.41, 5.74) is 1.16. The Morgan fingerprint density at radius 2 is 1.94 bits per heavy atom. The maximum Gasteiger partial charge on any atom is 0.0690 e. The summed E-state index contributed by atoms with van der Waals surface area (Å²) in [7, 11) is 0. The molecule has 0 spiro atoms. The van der Waals surface area contributed by atoms with Gasteiger partial charge in [0.2, 0.25) is 0 Å². The van der Waals surface area contributed by atoms with Gasteiger partial charge in [-0.1, -0.05) is 6.58 Å². The van der Waals surface area contributed by atoms with Crippen molar-refractivity contribution in [2.45, 2.75) is 63.9 Å². The molecule has 1 N–H and O–H groups in total. The molecule has 98 valence electrons. The van der Waals surface area contributed by atoms with E-state index in [1.165, 1.54) is 12.8 Å². The van der Waals surface area contributed by atoms with Gasteiger partial charge in [-0.15, -0.1) is 0 Å². The molecule has 2 unspecified atom stereocenters. The Kier molecular flexibility index (Phi) is 4.60. The van der Waals surface area contributed by atoms with E-state index in [0.717, 1.165) is 31.0 Å². The van der Waals surface area contributed by atoms with Gasteiger partial charge in [-0.05, 0) is 45.1 Å². The predicted octanol–water partition coefficient (Wildman–Crippen LogP) is 2.27. The van der Waals surface area contributed by atoms with Gasteiger partial charge in [0.15, 0.2) is 0 Å². The summed E-state index contributed by atoms with van der Waals surface area (Å²) < 4.78 is 11.6. The first-order chi connectivity index (χ1) is 8.13. The van der Waals surface area contributed by atoms with Gasteiger partial charge >= 0.3 is 0 Å². The lowest BCUT2D eigenvalue weighted by molar-refractivity contribution is -0.0978. The Labute approximate surface area is 105 Å². The smallest absolute Gasteiger partial charge is 0.0690 e. The lowest BCUT2D eigenvalue weighted by Crippen LogP contribution is -2.34. The van der Waals surface area contributed by atoms with Crippen LogP contribution < -0.4 is 5.32 Å². The minimum absolute atomic E-state index is 0.321. The topological polar surface area (TPSA) is 30.5 Å². The van der Waals surface area contributed by atoms with Crippen LogP contribution in [0.4, 0.5) is 0 Å². The molecule has 3 nitrogen and oxygen atoms in total. The second-order valence-corrected chi connectivity index (χ2v) is 5.57. The largest absolute Gasteiger partial charge is 0.375 e. The summed E-state index contributed by atoms with van der Waals surface area (Å²) in [5, 5.41) is 3.46. The summed E-state index contributed by atoms with van der Waals surface area (Å²) in [6, 6.07) is 0.745. The van der Waals surface area contributed by atoms with E-state index in [-0.39, 0.29) is 0 Å². The van der Waals surface area contributed by atoms with Crippen molar-refractivity contribution >= 4 is 0 Å². The van der Waals surface area contributed by atoms with Gasteiger partial charge in [0.05, 0.1) is 24.9 Å². The minimum Gasteiger partial charge on any atom is -0.375 e. The summed E-state index contributed by atoms with van der Waals surface area (Å²) >= 11 is 0. The SMILES string of the molecule is C=C(CNC1CC1)COC1CC(C)OC(C)C1. The Morgan fingerprint density at radius 3 is 2.53 bits per heavy atom. The highest BCUT2D eigenvalue weighted by Gasteiger charge is 2.25. The van der Waals surface area contributed by atoms with E-state index in [1.54, 1.807) is 0 Å². The molecule has 1 aliphatic heterocycles. The van der Waals surface area contributed by atoms with Crippen LogP contribution in [0.3, 0.4) is 0 Å². The van der Waals surface area contributed by atoms with E-state index in [4.69, 9.17) is 9.47 Å². The molecule has 2 fully saturated rings. The van der Waals surface area contributed by atoms with Crippen LogP contribution in [-0.4, -0.2) is 37.5 Å². The molecule has 0 aromatic carbocycles. The first-order valence-electron chi connectivity index (χ1n) is 6.80. The minimum atomic E-state index is 0.321. The molecule has 1 aliphatic carbocycles. The maximum atomic E-state index is 5.92. The average Bonchev–Trinajstić information content (AvgIpc) is 3.06. The van der Waals surface area contributed by atoms with Crippen LogP contribution in [0.1, 0.15) is 39.5 Å². The van der Waals surface area contributed by atoms with E-state index < -0.39 is 0 Å². The third kappa shape index (κ3) is 4.78. The number of ether oxygens (including phenoxy) is 2. The van der Waals surface area contributed by atoms with Gasteiger partial charge in [-0.2, -0.15) is 0 Å². The Morgan fingerprint density at radius 1 is 1.29 bits per heavy atom. The molecular weight excluding hydrogens is 214 g/mol. The first kappa shape index (κ1) is 13.1. The second kappa shape index (κ2) is 5.98. The van der Waals surface area contributed by atoms with Crippen LogP contribution in [0.5, 0.6) is 0 Å². The van der Waals surface area contributed by atoms with E-state index >= 15 is 0 Å². The first-order valence-corrected chi connectivity index (χ1v) is 6.80. The van der Waals surface area contributed by atoms with Crippen molar-refractivity contribution in [3.8, 4) is 0 Å². The van der Waals surface area contributed by atoms with E-state index in [9.17, 15) is 0 Å². The van der Waals surface area contributed by atoms with Crippen molar-refractivity contribution < 1.29 is 9.47 Å². The molecule has 0 aromatic heterocycles. The zero-order chi connectivity index (χ0) is 12.3. The summed E-state index contributed by atoms with van der Waals surface area (Å²) in [6.45, 7) is 9.89. The van der Waals surface area contributed by atoms with E-state index in [0.29, 0.717) is 24.9 Å². The van der Waals surface area contributed by atoms with Crippen LogP contribution in [-0.2, 0) is 9.47 Å². The zero-order valence-electron chi connectivity index (χ0n) is 11.1. The molecule has 1 heterocycles. The van der Waals surface area contributed by atoms with Crippen LogP contribution >= 0.6 is 0 Å². The molecule has 0 aromatic rings. The van der Waals surface area contributed by atoms with Crippen molar-refractivity contribution in [2.75, 3.05) is 13.2 Å². The average molecular weight is 239 g/mol.